The molecule has 0 aliphatic carbocycles. The van der Waals surface area contributed by atoms with E-state index in [1.165, 1.54) is 12.1 Å². The van der Waals surface area contributed by atoms with Crippen LogP contribution in [0.2, 0.25) is 5.02 Å². The Balaban J connectivity index is 2.45. The van der Waals surface area contributed by atoms with E-state index < -0.39 is 0 Å². The fraction of sp³-hybridized carbons (Fsp3) is 0.538. The molecule has 1 atom stereocenters. The maximum absolute atomic E-state index is 13.0. The molecule has 1 aromatic rings. The molecule has 0 aliphatic heterocycles. The van der Waals surface area contributed by atoms with E-state index >= 15 is 0 Å². The molecule has 0 radical (unpaired) electrons. The standard InChI is InChI=1S/C13H19ClFN/c1-9(2)13(16)5-3-4-10-8-11(15)6-7-12(10)14/h6-9,13H,3-5,16H2,1-2H3. The van der Waals surface area contributed by atoms with Crippen molar-refractivity contribution >= 4 is 11.6 Å². The molecule has 16 heavy (non-hydrogen) atoms. The Morgan fingerprint density at radius 1 is 1.38 bits per heavy atom. The van der Waals surface area contributed by atoms with Gasteiger partial charge in [0.25, 0.3) is 0 Å². The van der Waals surface area contributed by atoms with Crippen LogP contribution < -0.4 is 5.73 Å². The van der Waals surface area contributed by atoms with E-state index in [0.29, 0.717) is 10.9 Å². The van der Waals surface area contributed by atoms with Gasteiger partial charge in [-0.25, -0.2) is 4.39 Å². The molecule has 0 saturated heterocycles. The molecule has 0 bridgehead atoms. The first-order valence-electron chi connectivity index (χ1n) is 5.70. The van der Waals surface area contributed by atoms with Crippen LogP contribution in [-0.2, 0) is 6.42 Å². The van der Waals surface area contributed by atoms with Crippen LogP contribution >= 0.6 is 11.6 Å². The third-order valence-corrected chi connectivity index (χ3v) is 3.22. The first-order chi connectivity index (χ1) is 7.50. The number of aryl methyl sites for hydroxylation is 1. The van der Waals surface area contributed by atoms with E-state index in [9.17, 15) is 4.39 Å². The zero-order valence-corrected chi connectivity index (χ0v) is 10.6. The molecular weight excluding hydrogens is 225 g/mol. The third kappa shape index (κ3) is 4.11. The molecule has 2 N–H and O–H groups in total. The lowest BCUT2D eigenvalue weighted by molar-refractivity contribution is 0.452. The fourth-order valence-corrected chi connectivity index (χ4v) is 1.81. The van der Waals surface area contributed by atoms with Crippen LogP contribution in [0.4, 0.5) is 4.39 Å². The Hall–Kier alpha value is -0.600. The second-order valence-electron chi connectivity index (χ2n) is 4.54. The van der Waals surface area contributed by atoms with Gasteiger partial charge in [-0.15, -0.1) is 0 Å². The molecule has 0 saturated carbocycles. The summed E-state index contributed by atoms with van der Waals surface area (Å²) in [5.41, 5.74) is 6.81. The van der Waals surface area contributed by atoms with Gasteiger partial charge in [0.05, 0.1) is 0 Å². The third-order valence-electron chi connectivity index (χ3n) is 2.85. The number of benzene rings is 1. The van der Waals surface area contributed by atoms with Crippen molar-refractivity contribution in [1.82, 2.24) is 0 Å². The number of rotatable bonds is 5. The van der Waals surface area contributed by atoms with Gasteiger partial charge in [-0.2, -0.15) is 0 Å². The number of nitrogens with two attached hydrogens (primary N) is 1. The van der Waals surface area contributed by atoms with Crippen LogP contribution in [0.5, 0.6) is 0 Å². The van der Waals surface area contributed by atoms with E-state index in [0.717, 1.165) is 24.8 Å². The summed E-state index contributed by atoms with van der Waals surface area (Å²) < 4.78 is 13.0. The highest BCUT2D eigenvalue weighted by atomic mass is 35.5. The van der Waals surface area contributed by atoms with Gasteiger partial charge in [0, 0.05) is 11.1 Å². The SMILES string of the molecule is CC(C)C(N)CCCc1cc(F)ccc1Cl. The summed E-state index contributed by atoms with van der Waals surface area (Å²) in [6.45, 7) is 4.22. The molecule has 0 aromatic heterocycles. The van der Waals surface area contributed by atoms with Gasteiger partial charge in [-0.3, -0.25) is 0 Å². The molecule has 0 amide bonds. The van der Waals surface area contributed by atoms with Crippen molar-refractivity contribution in [1.29, 1.82) is 0 Å². The van der Waals surface area contributed by atoms with Crippen LogP contribution in [0.15, 0.2) is 18.2 Å². The second-order valence-corrected chi connectivity index (χ2v) is 4.94. The molecule has 90 valence electrons. The zero-order valence-electron chi connectivity index (χ0n) is 9.84. The molecule has 1 rings (SSSR count). The van der Waals surface area contributed by atoms with Gasteiger partial charge in [0.15, 0.2) is 0 Å². The summed E-state index contributed by atoms with van der Waals surface area (Å²) in [6.07, 6.45) is 2.68. The van der Waals surface area contributed by atoms with Crippen molar-refractivity contribution in [3.8, 4) is 0 Å². The van der Waals surface area contributed by atoms with E-state index in [2.05, 4.69) is 13.8 Å². The van der Waals surface area contributed by atoms with E-state index in [1.54, 1.807) is 6.07 Å². The highest BCUT2D eigenvalue weighted by Crippen LogP contribution is 2.19. The monoisotopic (exact) mass is 243 g/mol. The fourth-order valence-electron chi connectivity index (χ4n) is 1.60. The summed E-state index contributed by atoms with van der Waals surface area (Å²) in [6, 6.07) is 4.70. The van der Waals surface area contributed by atoms with Crippen LogP contribution in [0, 0.1) is 11.7 Å². The van der Waals surface area contributed by atoms with E-state index in [1.807, 2.05) is 0 Å². The predicted octanol–water partition coefficient (Wildman–Crippen LogP) is 3.79. The largest absolute Gasteiger partial charge is 0.327 e. The average molecular weight is 244 g/mol. The highest BCUT2D eigenvalue weighted by molar-refractivity contribution is 6.31. The van der Waals surface area contributed by atoms with Gasteiger partial charge in [0.1, 0.15) is 5.82 Å². The Bertz CT molecular complexity index is 339. The molecule has 1 nitrogen and oxygen atoms in total. The van der Waals surface area contributed by atoms with Crippen LogP contribution in [-0.4, -0.2) is 6.04 Å². The Kier molecular flexibility index (Phi) is 5.23. The smallest absolute Gasteiger partial charge is 0.123 e. The lowest BCUT2D eigenvalue weighted by atomic mass is 9.98. The molecule has 1 unspecified atom stereocenters. The Morgan fingerprint density at radius 3 is 2.69 bits per heavy atom. The minimum Gasteiger partial charge on any atom is -0.327 e. The zero-order chi connectivity index (χ0) is 12.1. The number of hydrogen-bond acceptors (Lipinski definition) is 1. The first kappa shape index (κ1) is 13.5. The molecule has 0 aliphatic rings. The summed E-state index contributed by atoms with van der Waals surface area (Å²) in [4.78, 5) is 0. The minimum absolute atomic E-state index is 0.215. The average Bonchev–Trinajstić information content (AvgIpc) is 2.22. The highest BCUT2D eigenvalue weighted by Gasteiger charge is 2.08. The lowest BCUT2D eigenvalue weighted by Crippen LogP contribution is -2.26. The van der Waals surface area contributed by atoms with Gasteiger partial charge in [0.2, 0.25) is 0 Å². The topological polar surface area (TPSA) is 26.0 Å². The number of halogens is 2. The molecular formula is C13H19ClFN. The van der Waals surface area contributed by atoms with Crippen LogP contribution in [0.3, 0.4) is 0 Å². The van der Waals surface area contributed by atoms with E-state index in [-0.39, 0.29) is 11.9 Å². The molecule has 3 heteroatoms. The van der Waals surface area contributed by atoms with Gasteiger partial charge < -0.3 is 5.73 Å². The normalized spacial score (nSPS) is 13.1. The quantitative estimate of drug-likeness (QED) is 0.837. The van der Waals surface area contributed by atoms with Crippen molar-refractivity contribution in [2.24, 2.45) is 11.7 Å². The molecule has 0 fully saturated rings. The maximum atomic E-state index is 13.0. The van der Waals surface area contributed by atoms with Crippen molar-refractivity contribution in [3.63, 3.8) is 0 Å². The Labute approximate surface area is 102 Å². The summed E-state index contributed by atoms with van der Waals surface area (Å²) in [5.74, 6) is 0.260. The first-order valence-corrected chi connectivity index (χ1v) is 6.08. The van der Waals surface area contributed by atoms with Crippen LogP contribution in [0.1, 0.15) is 32.3 Å². The molecule has 0 spiro atoms. The van der Waals surface area contributed by atoms with Crippen LogP contribution in [0.25, 0.3) is 0 Å². The lowest BCUT2D eigenvalue weighted by Gasteiger charge is -2.15. The van der Waals surface area contributed by atoms with Gasteiger partial charge >= 0.3 is 0 Å². The van der Waals surface area contributed by atoms with Gasteiger partial charge in [-0.05, 0) is 48.9 Å². The molecule has 0 heterocycles. The van der Waals surface area contributed by atoms with Crippen molar-refractivity contribution in [2.45, 2.75) is 39.2 Å². The van der Waals surface area contributed by atoms with E-state index in [4.69, 9.17) is 17.3 Å². The Morgan fingerprint density at radius 2 is 2.06 bits per heavy atom. The number of hydrogen-bond donors (Lipinski definition) is 1. The molecule has 1 aromatic carbocycles. The maximum Gasteiger partial charge on any atom is 0.123 e. The van der Waals surface area contributed by atoms with Crippen molar-refractivity contribution in [3.05, 3.63) is 34.6 Å². The van der Waals surface area contributed by atoms with Crippen molar-refractivity contribution < 1.29 is 4.39 Å². The summed E-state index contributed by atoms with van der Waals surface area (Å²) >= 11 is 5.98. The summed E-state index contributed by atoms with van der Waals surface area (Å²) in [5, 5.41) is 0.638. The summed E-state index contributed by atoms with van der Waals surface area (Å²) in [7, 11) is 0. The second kappa shape index (κ2) is 6.21. The minimum atomic E-state index is -0.229. The van der Waals surface area contributed by atoms with Crippen molar-refractivity contribution in [2.75, 3.05) is 0 Å². The van der Waals surface area contributed by atoms with Gasteiger partial charge in [-0.1, -0.05) is 25.4 Å². The predicted molar refractivity (Wildman–Crippen MR) is 67.2 cm³/mol.